The molecular formula is C9H11N3O3. The van der Waals surface area contributed by atoms with Gasteiger partial charge in [-0.05, 0) is 12.1 Å². The van der Waals surface area contributed by atoms with Crippen LogP contribution in [0.2, 0.25) is 0 Å². The van der Waals surface area contributed by atoms with Gasteiger partial charge in [-0.25, -0.2) is 20.0 Å². The van der Waals surface area contributed by atoms with Crippen LogP contribution in [0.4, 0.5) is 15.3 Å². The quantitative estimate of drug-likeness (QED) is 0.481. The SMILES string of the molecule is CN(C(=O)NO)C(=O)Nc1ccccc1. The number of amides is 4. The van der Waals surface area contributed by atoms with Crippen LogP contribution in [-0.2, 0) is 0 Å². The number of urea groups is 2. The number of carbonyl (C=O) groups is 2. The Morgan fingerprint density at radius 3 is 2.33 bits per heavy atom. The van der Waals surface area contributed by atoms with Gasteiger partial charge in [0.05, 0.1) is 0 Å². The van der Waals surface area contributed by atoms with Crippen molar-refractivity contribution in [3.05, 3.63) is 30.3 Å². The monoisotopic (exact) mass is 209 g/mol. The van der Waals surface area contributed by atoms with E-state index < -0.39 is 12.1 Å². The van der Waals surface area contributed by atoms with Crippen molar-refractivity contribution in [3.63, 3.8) is 0 Å². The molecule has 80 valence electrons. The van der Waals surface area contributed by atoms with E-state index in [0.717, 1.165) is 0 Å². The molecule has 0 saturated carbocycles. The Morgan fingerprint density at radius 1 is 1.20 bits per heavy atom. The van der Waals surface area contributed by atoms with Gasteiger partial charge in [0.25, 0.3) is 0 Å². The molecule has 0 bridgehead atoms. The third kappa shape index (κ3) is 2.96. The van der Waals surface area contributed by atoms with Gasteiger partial charge in [-0.15, -0.1) is 0 Å². The van der Waals surface area contributed by atoms with Crippen molar-refractivity contribution in [2.75, 3.05) is 12.4 Å². The zero-order valence-electron chi connectivity index (χ0n) is 8.10. The zero-order valence-corrected chi connectivity index (χ0v) is 8.10. The summed E-state index contributed by atoms with van der Waals surface area (Å²) in [6, 6.07) is 7.14. The van der Waals surface area contributed by atoms with Crippen LogP contribution in [0.25, 0.3) is 0 Å². The number of anilines is 1. The molecule has 1 aromatic carbocycles. The minimum absolute atomic E-state index is 0.570. The number of para-hydroxylation sites is 1. The normalized spacial score (nSPS) is 9.20. The maximum Gasteiger partial charge on any atom is 0.348 e. The molecule has 1 rings (SSSR count). The maximum absolute atomic E-state index is 11.4. The van der Waals surface area contributed by atoms with Crippen molar-refractivity contribution in [3.8, 4) is 0 Å². The minimum atomic E-state index is -0.900. The van der Waals surface area contributed by atoms with Crippen LogP contribution in [0, 0.1) is 0 Å². The lowest BCUT2D eigenvalue weighted by Crippen LogP contribution is -2.42. The van der Waals surface area contributed by atoms with Crippen molar-refractivity contribution >= 4 is 17.7 Å². The summed E-state index contributed by atoms with van der Waals surface area (Å²) in [7, 11) is 1.24. The molecule has 0 heterocycles. The summed E-state index contributed by atoms with van der Waals surface area (Å²) in [4.78, 5) is 22.9. The summed E-state index contributed by atoms with van der Waals surface area (Å²) in [6.07, 6.45) is 0. The van der Waals surface area contributed by atoms with Crippen LogP contribution < -0.4 is 10.8 Å². The fraction of sp³-hybridized carbons (Fsp3) is 0.111. The summed E-state index contributed by atoms with van der Waals surface area (Å²) in [5.41, 5.74) is 1.93. The molecular weight excluding hydrogens is 198 g/mol. The number of rotatable bonds is 1. The van der Waals surface area contributed by atoms with Gasteiger partial charge in [-0.2, -0.15) is 0 Å². The molecule has 0 unspecified atom stereocenters. The second kappa shape index (κ2) is 4.97. The Balaban J connectivity index is 2.60. The molecule has 0 aliphatic rings. The van der Waals surface area contributed by atoms with Gasteiger partial charge in [0.15, 0.2) is 0 Å². The first-order valence-electron chi connectivity index (χ1n) is 4.19. The molecule has 6 nitrogen and oxygen atoms in total. The first kappa shape index (κ1) is 11.0. The lowest BCUT2D eigenvalue weighted by Gasteiger charge is -2.14. The zero-order chi connectivity index (χ0) is 11.3. The van der Waals surface area contributed by atoms with E-state index in [1.165, 1.54) is 12.5 Å². The predicted molar refractivity (Wildman–Crippen MR) is 53.5 cm³/mol. The number of benzene rings is 1. The standard InChI is InChI=1S/C9H11N3O3/c1-12(9(14)11-15)8(13)10-7-5-3-2-4-6-7/h2-6,15H,1H3,(H,10,13)(H,11,14). The van der Waals surface area contributed by atoms with Gasteiger partial charge in [0, 0.05) is 12.7 Å². The average molecular weight is 209 g/mol. The molecule has 0 aliphatic carbocycles. The van der Waals surface area contributed by atoms with Crippen molar-refractivity contribution in [1.82, 2.24) is 10.4 Å². The van der Waals surface area contributed by atoms with E-state index >= 15 is 0 Å². The second-order valence-corrected chi connectivity index (χ2v) is 2.77. The molecule has 0 atom stereocenters. The van der Waals surface area contributed by atoms with Crippen LogP contribution in [0.1, 0.15) is 0 Å². The number of imide groups is 1. The van der Waals surface area contributed by atoms with E-state index in [0.29, 0.717) is 10.6 Å². The summed E-state index contributed by atoms with van der Waals surface area (Å²) in [6.45, 7) is 0. The Kier molecular flexibility index (Phi) is 3.64. The smallest absolute Gasteiger partial charge is 0.307 e. The minimum Gasteiger partial charge on any atom is -0.307 e. The van der Waals surface area contributed by atoms with E-state index in [2.05, 4.69) is 5.32 Å². The highest BCUT2D eigenvalue weighted by Crippen LogP contribution is 2.05. The molecule has 0 saturated heterocycles. The Hall–Kier alpha value is -2.08. The molecule has 0 radical (unpaired) electrons. The lowest BCUT2D eigenvalue weighted by molar-refractivity contribution is 0.141. The summed E-state index contributed by atoms with van der Waals surface area (Å²) in [5.74, 6) is 0. The fourth-order valence-corrected chi connectivity index (χ4v) is 0.896. The number of hydrogen-bond donors (Lipinski definition) is 3. The average Bonchev–Trinajstić information content (AvgIpc) is 2.28. The van der Waals surface area contributed by atoms with Crippen molar-refractivity contribution in [2.45, 2.75) is 0 Å². The molecule has 4 amide bonds. The molecule has 0 aromatic heterocycles. The molecule has 0 aliphatic heterocycles. The van der Waals surface area contributed by atoms with Gasteiger partial charge in [0.2, 0.25) is 0 Å². The second-order valence-electron chi connectivity index (χ2n) is 2.77. The molecule has 1 aromatic rings. The summed E-state index contributed by atoms with van der Waals surface area (Å²) >= 11 is 0. The number of hydroxylamine groups is 1. The molecule has 0 fully saturated rings. The van der Waals surface area contributed by atoms with E-state index in [9.17, 15) is 9.59 Å². The lowest BCUT2D eigenvalue weighted by atomic mass is 10.3. The molecule has 3 N–H and O–H groups in total. The van der Waals surface area contributed by atoms with Crippen LogP contribution >= 0.6 is 0 Å². The van der Waals surface area contributed by atoms with Crippen molar-refractivity contribution in [2.24, 2.45) is 0 Å². The first-order chi connectivity index (χ1) is 7.15. The van der Waals surface area contributed by atoms with E-state index in [4.69, 9.17) is 5.21 Å². The van der Waals surface area contributed by atoms with Crippen molar-refractivity contribution < 1.29 is 14.8 Å². The van der Waals surface area contributed by atoms with Gasteiger partial charge in [-0.3, -0.25) is 5.21 Å². The number of nitrogens with one attached hydrogen (secondary N) is 2. The largest absolute Gasteiger partial charge is 0.348 e. The van der Waals surface area contributed by atoms with Gasteiger partial charge >= 0.3 is 12.1 Å². The van der Waals surface area contributed by atoms with Gasteiger partial charge in [-0.1, -0.05) is 18.2 Å². The molecule has 6 heteroatoms. The third-order valence-electron chi connectivity index (χ3n) is 1.73. The number of nitrogens with zero attached hydrogens (tertiary/aromatic N) is 1. The Bertz CT molecular complexity index is 353. The maximum atomic E-state index is 11.4. The summed E-state index contributed by atoms with van der Waals surface area (Å²) in [5, 5.41) is 10.8. The van der Waals surface area contributed by atoms with E-state index in [1.807, 2.05) is 0 Å². The van der Waals surface area contributed by atoms with Crippen LogP contribution in [0.5, 0.6) is 0 Å². The topological polar surface area (TPSA) is 81.7 Å². The summed E-state index contributed by atoms with van der Waals surface area (Å²) < 4.78 is 0. The number of carbonyl (C=O) groups excluding carboxylic acids is 2. The van der Waals surface area contributed by atoms with E-state index in [1.54, 1.807) is 30.3 Å². The van der Waals surface area contributed by atoms with E-state index in [-0.39, 0.29) is 0 Å². The fourth-order valence-electron chi connectivity index (χ4n) is 0.896. The number of hydrogen-bond acceptors (Lipinski definition) is 3. The Morgan fingerprint density at radius 2 is 1.80 bits per heavy atom. The van der Waals surface area contributed by atoms with Crippen molar-refractivity contribution in [1.29, 1.82) is 0 Å². The highest BCUT2D eigenvalue weighted by molar-refractivity contribution is 5.99. The van der Waals surface area contributed by atoms with Gasteiger partial charge < -0.3 is 5.32 Å². The van der Waals surface area contributed by atoms with Crippen LogP contribution in [-0.4, -0.2) is 29.2 Å². The van der Waals surface area contributed by atoms with Gasteiger partial charge in [0.1, 0.15) is 0 Å². The first-order valence-corrected chi connectivity index (χ1v) is 4.19. The van der Waals surface area contributed by atoms with Crippen LogP contribution in [0.15, 0.2) is 30.3 Å². The Labute approximate surface area is 86.5 Å². The highest BCUT2D eigenvalue weighted by Gasteiger charge is 2.15. The predicted octanol–water partition coefficient (Wildman–Crippen LogP) is 1.25. The van der Waals surface area contributed by atoms with Crippen LogP contribution in [0.3, 0.4) is 0 Å². The molecule has 15 heavy (non-hydrogen) atoms. The molecule has 0 spiro atoms. The third-order valence-corrected chi connectivity index (χ3v) is 1.73. The highest BCUT2D eigenvalue weighted by atomic mass is 16.5.